The molecule has 6 nitrogen and oxygen atoms in total. The maximum atomic E-state index is 12.9. The van der Waals surface area contributed by atoms with Gasteiger partial charge in [-0.3, -0.25) is 4.79 Å². The average Bonchev–Trinajstić information content (AvgIpc) is 3.22. The van der Waals surface area contributed by atoms with E-state index >= 15 is 0 Å². The smallest absolute Gasteiger partial charge is 0.251 e. The van der Waals surface area contributed by atoms with Crippen LogP contribution in [0.2, 0.25) is 0 Å². The van der Waals surface area contributed by atoms with E-state index in [0.717, 1.165) is 35.6 Å². The van der Waals surface area contributed by atoms with Crippen molar-refractivity contribution in [3.8, 4) is 11.5 Å². The number of amides is 1. The molecule has 0 saturated carbocycles. The highest BCUT2D eigenvalue weighted by atomic mass is 16.5. The molecule has 6 heteroatoms. The molecule has 1 aromatic heterocycles. The van der Waals surface area contributed by atoms with Crippen molar-refractivity contribution in [1.82, 2.24) is 14.9 Å². The molecule has 1 amide bonds. The molecular weight excluding hydrogens is 426 g/mol. The van der Waals surface area contributed by atoms with Crippen LogP contribution < -0.4 is 14.8 Å². The third-order valence-corrected chi connectivity index (χ3v) is 6.02. The number of rotatable bonds is 9. The van der Waals surface area contributed by atoms with E-state index in [9.17, 15) is 4.79 Å². The second kappa shape index (κ2) is 10.4. The molecule has 0 spiro atoms. The van der Waals surface area contributed by atoms with Crippen LogP contribution in [0.3, 0.4) is 0 Å². The number of para-hydroxylation sites is 2. The van der Waals surface area contributed by atoms with Gasteiger partial charge in [0.25, 0.3) is 5.91 Å². The van der Waals surface area contributed by atoms with Crippen LogP contribution in [-0.2, 0) is 6.54 Å². The molecule has 4 aromatic rings. The minimum atomic E-state index is -0.272. The van der Waals surface area contributed by atoms with Crippen molar-refractivity contribution < 1.29 is 14.3 Å². The van der Waals surface area contributed by atoms with Crippen molar-refractivity contribution >= 4 is 16.9 Å². The molecule has 0 aliphatic carbocycles. The third-order valence-electron chi connectivity index (χ3n) is 6.02. The Morgan fingerprint density at radius 1 is 1.00 bits per heavy atom. The molecule has 0 radical (unpaired) electrons. The Morgan fingerprint density at radius 3 is 2.62 bits per heavy atom. The highest BCUT2D eigenvalue weighted by Gasteiger charge is 2.19. The first kappa shape index (κ1) is 23.4. The minimum absolute atomic E-state index is 0.164. The summed E-state index contributed by atoms with van der Waals surface area (Å²) in [4.78, 5) is 17.7. The Bertz CT molecular complexity index is 1300. The summed E-state index contributed by atoms with van der Waals surface area (Å²) >= 11 is 0. The standard InChI is InChI=1S/C28H31N3O3/c1-19-13-14-24(17-20(19)2)34-16-8-15-31-26-12-6-5-11-25(26)30-27(31)21(3)29-28(32)22-9-7-10-23(18-22)33-4/h5-7,9-14,17-18,21H,8,15-16H2,1-4H3,(H,29,32). The van der Waals surface area contributed by atoms with Gasteiger partial charge in [0.2, 0.25) is 0 Å². The average molecular weight is 458 g/mol. The van der Waals surface area contributed by atoms with Crippen LogP contribution in [0.15, 0.2) is 66.7 Å². The van der Waals surface area contributed by atoms with Crippen molar-refractivity contribution in [3.05, 3.63) is 89.2 Å². The summed E-state index contributed by atoms with van der Waals surface area (Å²) in [5.74, 6) is 2.20. The lowest BCUT2D eigenvalue weighted by molar-refractivity contribution is 0.0937. The number of aryl methyl sites for hydroxylation is 3. The number of aromatic nitrogens is 2. The van der Waals surface area contributed by atoms with Crippen LogP contribution in [-0.4, -0.2) is 29.2 Å². The Labute approximate surface area is 200 Å². The van der Waals surface area contributed by atoms with Crippen molar-refractivity contribution in [1.29, 1.82) is 0 Å². The maximum Gasteiger partial charge on any atom is 0.251 e. The number of hydrogen-bond acceptors (Lipinski definition) is 4. The molecular formula is C28H31N3O3. The van der Waals surface area contributed by atoms with Crippen molar-refractivity contribution in [2.24, 2.45) is 0 Å². The summed E-state index contributed by atoms with van der Waals surface area (Å²) in [6.45, 7) is 7.48. The van der Waals surface area contributed by atoms with Gasteiger partial charge in [-0.05, 0) is 80.8 Å². The monoisotopic (exact) mass is 457 g/mol. The Kier molecular flexibility index (Phi) is 7.16. The van der Waals surface area contributed by atoms with Gasteiger partial charge in [0.05, 0.1) is 30.8 Å². The molecule has 4 rings (SSSR count). The second-order valence-corrected chi connectivity index (χ2v) is 8.49. The van der Waals surface area contributed by atoms with E-state index in [0.29, 0.717) is 17.9 Å². The number of benzene rings is 3. The largest absolute Gasteiger partial charge is 0.497 e. The van der Waals surface area contributed by atoms with E-state index in [1.807, 2.05) is 43.3 Å². The number of methoxy groups -OCH3 is 1. The van der Waals surface area contributed by atoms with E-state index in [4.69, 9.17) is 14.5 Å². The zero-order valence-electron chi connectivity index (χ0n) is 20.2. The zero-order valence-corrected chi connectivity index (χ0v) is 20.2. The maximum absolute atomic E-state index is 12.9. The summed E-state index contributed by atoms with van der Waals surface area (Å²) in [5, 5.41) is 3.08. The Morgan fingerprint density at radius 2 is 1.82 bits per heavy atom. The molecule has 1 N–H and O–H groups in total. The van der Waals surface area contributed by atoms with Crippen LogP contribution in [0.4, 0.5) is 0 Å². The lowest BCUT2D eigenvalue weighted by Gasteiger charge is -2.17. The second-order valence-electron chi connectivity index (χ2n) is 8.49. The zero-order chi connectivity index (χ0) is 24.1. The molecule has 3 aromatic carbocycles. The van der Waals surface area contributed by atoms with E-state index in [1.165, 1.54) is 11.1 Å². The van der Waals surface area contributed by atoms with Crippen LogP contribution in [0, 0.1) is 13.8 Å². The molecule has 0 fully saturated rings. The van der Waals surface area contributed by atoms with Gasteiger partial charge in [-0.25, -0.2) is 4.98 Å². The number of nitrogens with zero attached hydrogens (tertiary/aromatic N) is 2. The molecule has 1 heterocycles. The first-order chi connectivity index (χ1) is 16.5. The van der Waals surface area contributed by atoms with Crippen LogP contribution in [0.1, 0.15) is 46.7 Å². The first-order valence-corrected chi connectivity index (χ1v) is 11.6. The lowest BCUT2D eigenvalue weighted by Crippen LogP contribution is -2.29. The van der Waals surface area contributed by atoms with Gasteiger partial charge < -0.3 is 19.4 Å². The van der Waals surface area contributed by atoms with E-state index < -0.39 is 0 Å². The van der Waals surface area contributed by atoms with Crippen molar-refractivity contribution in [3.63, 3.8) is 0 Å². The summed E-state index contributed by atoms with van der Waals surface area (Å²) < 4.78 is 13.4. The molecule has 1 unspecified atom stereocenters. The van der Waals surface area contributed by atoms with E-state index in [-0.39, 0.29) is 11.9 Å². The normalized spacial score (nSPS) is 11.9. The van der Waals surface area contributed by atoms with Crippen LogP contribution in [0.25, 0.3) is 11.0 Å². The fourth-order valence-electron chi connectivity index (χ4n) is 3.98. The van der Waals surface area contributed by atoms with Crippen molar-refractivity contribution in [2.75, 3.05) is 13.7 Å². The van der Waals surface area contributed by atoms with E-state index in [1.54, 1.807) is 19.2 Å². The number of hydrogen-bond donors (Lipinski definition) is 1. The van der Waals surface area contributed by atoms with Gasteiger partial charge in [0.15, 0.2) is 0 Å². The predicted octanol–water partition coefficient (Wildman–Crippen LogP) is 5.62. The number of imidazole rings is 1. The highest BCUT2D eigenvalue weighted by Crippen LogP contribution is 2.23. The third kappa shape index (κ3) is 5.22. The number of ether oxygens (including phenoxy) is 2. The summed E-state index contributed by atoms with van der Waals surface area (Å²) in [6, 6.07) is 21.1. The summed E-state index contributed by atoms with van der Waals surface area (Å²) in [7, 11) is 1.59. The lowest BCUT2D eigenvalue weighted by atomic mass is 10.1. The predicted molar refractivity (Wildman–Crippen MR) is 135 cm³/mol. The van der Waals surface area contributed by atoms with E-state index in [2.05, 4.69) is 41.9 Å². The van der Waals surface area contributed by atoms with Crippen LogP contribution in [0.5, 0.6) is 11.5 Å². The number of carbonyl (C=O) groups excluding carboxylic acids is 1. The van der Waals surface area contributed by atoms with Gasteiger partial charge >= 0.3 is 0 Å². The fraction of sp³-hybridized carbons (Fsp3) is 0.286. The molecule has 0 aliphatic rings. The quantitative estimate of drug-likeness (QED) is 0.331. The van der Waals surface area contributed by atoms with Gasteiger partial charge in [-0.1, -0.05) is 24.3 Å². The minimum Gasteiger partial charge on any atom is -0.497 e. The highest BCUT2D eigenvalue weighted by molar-refractivity contribution is 5.94. The molecule has 176 valence electrons. The summed E-state index contributed by atoms with van der Waals surface area (Å²) in [6.07, 6.45) is 0.816. The molecule has 1 atom stereocenters. The molecule has 0 aliphatic heterocycles. The first-order valence-electron chi connectivity index (χ1n) is 11.6. The molecule has 34 heavy (non-hydrogen) atoms. The van der Waals surface area contributed by atoms with Gasteiger partial charge in [0, 0.05) is 12.1 Å². The fourth-order valence-corrected chi connectivity index (χ4v) is 3.98. The van der Waals surface area contributed by atoms with Gasteiger partial charge in [-0.2, -0.15) is 0 Å². The van der Waals surface area contributed by atoms with Gasteiger partial charge in [-0.15, -0.1) is 0 Å². The molecule has 0 saturated heterocycles. The topological polar surface area (TPSA) is 65.4 Å². The molecule has 0 bridgehead atoms. The number of fused-ring (bicyclic) bond motifs is 1. The Hall–Kier alpha value is -3.80. The summed E-state index contributed by atoms with van der Waals surface area (Å²) in [5.41, 5.74) is 4.99. The Balaban J connectivity index is 1.47. The van der Waals surface area contributed by atoms with Gasteiger partial charge in [0.1, 0.15) is 17.3 Å². The van der Waals surface area contributed by atoms with Crippen molar-refractivity contribution in [2.45, 2.75) is 39.8 Å². The van der Waals surface area contributed by atoms with Crippen LogP contribution >= 0.6 is 0 Å². The SMILES string of the molecule is COc1cccc(C(=O)NC(C)c2nc3ccccc3n2CCCOc2ccc(C)c(C)c2)c1. The number of nitrogens with one attached hydrogen (secondary N) is 1. The number of carbonyl (C=O) groups is 1.